The molecule has 0 aromatic heterocycles. The average molecular weight is 358 g/mol. The first-order valence-corrected chi connectivity index (χ1v) is 7.84. The number of methoxy groups -OCH3 is 1. The van der Waals surface area contributed by atoms with Crippen molar-refractivity contribution in [3.63, 3.8) is 0 Å². The van der Waals surface area contributed by atoms with E-state index in [4.69, 9.17) is 27.9 Å². The standard InChI is InChI=1S/C15H17Cl2N3O3/c1-4-19(5-2)15(17)12(16)14(20(21)22)13-10-8-9(23-3)6-7-11(10)18-13/h6-8,18H,4-5H2,1-3H3. The van der Waals surface area contributed by atoms with Gasteiger partial charge in [0.1, 0.15) is 16.6 Å². The molecule has 0 radical (unpaired) electrons. The Morgan fingerprint density at radius 1 is 1.35 bits per heavy atom. The summed E-state index contributed by atoms with van der Waals surface area (Å²) < 4.78 is 5.15. The molecule has 6 nitrogen and oxygen atoms in total. The smallest absolute Gasteiger partial charge is 0.314 e. The van der Waals surface area contributed by atoms with Gasteiger partial charge in [0.05, 0.1) is 12.0 Å². The molecular weight excluding hydrogens is 341 g/mol. The van der Waals surface area contributed by atoms with Gasteiger partial charge in [-0.1, -0.05) is 23.2 Å². The van der Waals surface area contributed by atoms with Gasteiger partial charge >= 0.3 is 5.70 Å². The van der Waals surface area contributed by atoms with Crippen molar-refractivity contribution < 1.29 is 9.66 Å². The molecule has 8 heteroatoms. The molecular formula is C15H17Cl2N3O3. The first-order valence-electron chi connectivity index (χ1n) is 7.09. The van der Waals surface area contributed by atoms with Gasteiger partial charge in [-0.3, -0.25) is 10.1 Å². The Morgan fingerprint density at radius 3 is 2.52 bits per heavy atom. The number of ether oxygens (including phenoxy) is 1. The topological polar surface area (TPSA) is 67.6 Å². The number of hydrogen-bond donors (Lipinski definition) is 1. The van der Waals surface area contributed by atoms with Crippen LogP contribution in [0.1, 0.15) is 19.4 Å². The predicted octanol–water partition coefficient (Wildman–Crippen LogP) is 4.05. The molecule has 23 heavy (non-hydrogen) atoms. The Balaban J connectivity index is 2.55. The van der Waals surface area contributed by atoms with E-state index in [2.05, 4.69) is 5.32 Å². The number of anilines is 1. The van der Waals surface area contributed by atoms with Crippen LogP contribution in [-0.2, 0) is 0 Å². The fourth-order valence-electron chi connectivity index (χ4n) is 2.31. The summed E-state index contributed by atoms with van der Waals surface area (Å²) in [4.78, 5) is 12.7. The molecule has 0 aliphatic carbocycles. The van der Waals surface area contributed by atoms with E-state index in [0.29, 0.717) is 30.1 Å². The Kier molecular flexibility index (Phi) is 5.38. The van der Waals surface area contributed by atoms with Crippen molar-refractivity contribution in [2.75, 3.05) is 25.5 Å². The van der Waals surface area contributed by atoms with Crippen LogP contribution < -0.4 is 10.1 Å². The minimum absolute atomic E-state index is 0.0867. The van der Waals surface area contributed by atoms with Crippen molar-refractivity contribution in [3.05, 3.63) is 49.8 Å². The molecule has 0 fully saturated rings. The molecule has 0 saturated heterocycles. The van der Waals surface area contributed by atoms with E-state index in [0.717, 1.165) is 5.69 Å². The second-order valence-corrected chi connectivity index (χ2v) is 5.53. The minimum atomic E-state index is -0.529. The SMILES string of the molecule is CCN(CC)C(Cl)=C(Cl)C(=C1Nc2ccc(OC)cc21)[N+](=O)[O-]. The maximum absolute atomic E-state index is 11.5. The number of fused-ring (bicyclic) bond motifs is 1. The number of hydrogen-bond acceptors (Lipinski definition) is 5. The third-order valence-electron chi connectivity index (χ3n) is 3.61. The highest BCUT2D eigenvalue weighted by Gasteiger charge is 2.34. The van der Waals surface area contributed by atoms with Crippen LogP contribution in [0.15, 0.2) is 34.1 Å². The molecule has 1 aliphatic heterocycles. The van der Waals surface area contributed by atoms with E-state index >= 15 is 0 Å². The molecule has 1 aliphatic rings. The van der Waals surface area contributed by atoms with Gasteiger partial charge in [-0.25, -0.2) is 0 Å². The Labute approximate surface area is 144 Å². The normalized spacial score (nSPS) is 15.7. The molecule has 0 amide bonds. The lowest BCUT2D eigenvalue weighted by atomic mass is 9.99. The Morgan fingerprint density at radius 2 is 2.00 bits per heavy atom. The van der Waals surface area contributed by atoms with Crippen LogP contribution in [0.5, 0.6) is 5.75 Å². The van der Waals surface area contributed by atoms with Gasteiger partial charge in [0.25, 0.3) is 0 Å². The van der Waals surface area contributed by atoms with Gasteiger partial charge in [0, 0.05) is 24.3 Å². The highest BCUT2D eigenvalue weighted by Crippen LogP contribution is 2.42. The Bertz CT molecular complexity index is 697. The number of nitro groups is 1. The fourth-order valence-corrected chi connectivity index (χ4v) is 2.92. The van der Waals surface area contributed by atoms with E-state index in [1.807, 2.05) is 13.8 Å². The summed E-state index contributed by atoms with van der Waals surface area (Å²) in [5.74, 6) is 0.611. The minimum Gasteiger partial charge on any atom is -0.497 e. The van der Waals surface area contributed by atoms with Crippen LogP contribution in [0.3, 0.4) is 0 Å². The third-order valence-corrected chi connectivity index (χ3v) is 4.49. The first kappa shape index (κ1) is 17.4. The molecule has 1 aromatic carbocycles. The van der Waals surface area contributed by atoms with Gasteiger partial charge in [0.2, 0.25) is 0 Å². The summed E-state index contributed by atoms with van der Waals surface area (Å²) >= 11 is 12.5. The van der Waals surface area contributed by atoms with Gasteiger partial charge in [-0.05, 0) is 32.0 Å². The molecule has 124 valence electrons. The predicted molar refractivity (Wildman–Crippen MR) is 92.2 cm³/mol. The van der Waals surface area contributed by atoms with Gasteiger partial charge < -0.3 is 15.0 Å². The van der Waals surface area contributed by atoms with Gasteiger partial charge in [-0.15, -0.1) is 0 Å². The zero-order valence-corrected chi connectivity index (χ0v) is 14.5. The molecule has 1 heterocycles. The molecule has 2 rings (SSSR count). The molecule has 0 atom stereocenters. The summed E-state index contributed by atoms with van der Waals surface area (Å²) in [6.07, 6.45) is 0. The van der Waals surface area contributed by atoms with Crippen molar-refractivity contribution in [1.29, 1.82) is 0 Å². The van der Waals surface area contributed by atoms with Crippen LogP contribution in [0, 0.1) is 10.1 Å². The quantitative estimate of drug-likeness (QED) is 0.472. The number of nitrogens with zero attached hydrogens (tertiary/aromatic N) is 2. The summed E-state index contributed by atoms with van der Waals surface area (Å²) in [5, 5.41) is 14.6. The zero-order valence-electron chi connectivity index (χ0n) is 13.0. The second kappa shape index (κ2) is 7.10. The third kappa shape index (κ3) is 3.23. The number of rotatable bonds is 6. The maximum atomic E-state index is 11.5. The molecule has 1 N–H and O–H groups in total. The van der Waals surface area contributed by atoms with E-state index in [1.165, 1.54) is 7.11 Å². The van der Waals surface area contributed by atoms with Gasteiger partial charge in [0.15, 0.2) is 5.03 Å². The Hall–Kier alpha value is -1.92. The van der Waals surface area contributed by atoms with Crippen molar-refractivity contribution in [3.8, 4) is 5.75 Å². The van der Waals surface area contributed by atoms with Gasteiger partial charge in [-0.2, -0.15) is 0 Å². The molecule has 0 saturated carbocycles. The molecule has 0 unspecified atom stereocenters. The van der Waals surface area contributed by atoms with E-state index in [-0.39, 0.29) is 15.9 Å². The lowest BCUT2D eigenvalue weighted by molar-refractivity contribution is -0.418. The highest BCUT2D eigenvalue weighted by molar-refractivity contribution is 6.40. The first-order chi connectivity index (χ1) is 10.9. The second-order valence-electron chi connectivity index (χ2n) is 4.79. The highest BCUT2D eigenvalue weighted by atomic mass is 35.5. The maximum Gasteiger partial charge on any atom is 0.314 e. The fraction of sp³-hybridized carbons (Fsp3) is 0.333. The molecule has 0 spiro atoms. The van der Waals surface area contributed by atoms with Crippen molar-refractivity contribution in [1.82, 2.24) is 4.90 Å². The van der Waals surface area contributed by atoms with Crippen LogP contribution in [0.4, 0.5) is 5.69 Å². The monoisotopic (exact) mass is 357 g/mol. The largest absolute Gasteiger partial charge is 0.497 e. The van der Waals surface area contributed by atoms with Crippen LogP contribution in [-0.4, -0.2) is 30.0 Å². The number of allylic oxidation sites excluding steroid dienone is 1. The van der Waals surface area contributed by atoms with Crippen molar-refractivity contribution in [2.24, 2.45) is 0 Å². The van der Waals surface area contributed by atoms with E-state index in [1.54, 1.807) is 23.1 Å². The van der Waals surface area contributed by atoms with Crippen LogP contribution >= 0.6 is 23.2 Å². The number of benzene rings is 1. The summed E-state index contributed by atoms with van der Waals surface area (Å²) in [6.45, 7) is 5.00. The lowest BCUT2D eigenvalue weighted by Gasteiger charge is -2.26. The van der Waals surface area contributed by atoms with Crippen molar-refractivity contribution in [2.45, 2.75) is 13.8 Å². The number of nitrogens with one attached hydrogen (secondary N) is 1. The van der Waals surface area contributed by atoms with E-state index in [9.17, 15) is 10.1 Å². The molecule has 0 bridgehead atoms. The zero-order chi connectivity index (χ0) is 17.1. The van der Waals surface area contributed by atoms with E-state index < -0.39 is 4.92 Å². The molecule has 1 aromatic rings. The lowest BCUT2D eigenvalue weighted by Crippen LogP contribution is -2.23. The number of halogens is 2. The summed E-state index contributed by atoms with van der Waals surface area (Å²) in [5.41, 5.74) is 1.55. The van der Waals surface area contributed by atoms with Crippen LogP contribution in [0.25, 0.3) is 5.70 Å². The summed E-state index contributed by atoms with van der Waals surface area (Å²) in [7, 11) is 1.54. The summed E-state index contributed by atoms with van der Waals surface area (Å²) in [6, 6.07) is 5.29. The van der Waals surface area contributed by atoms with Crippen molar-refractivity contribution >= 4 is 34.6 Å². The average Bonchev–Trinajstić information content (AvgIpc) is 2.52. The van der Waals surface area contributed by atoms with Crippen LogP contribution in [0.2, 0.25) is 0 Å².